The van der Waals surface area contributed by atoms with Crippen LogP contribution in [0.25, 0.3) is 0 Å². The van der Waals surface area contributed by atoms with Crippen LogP contribution in [-0.2, 0) is 14.8 Å². The van der Waals surface area contributed by atoms with Crippen LogP contribution in [0.3, 0.4) is 0 Å². The Bertz CT molecular complexity index is 898. The molecule has 0 radical (unpaired) electrons. The van der Waals surface area contributed by atoms with Crippen LogP contribution >= 0.6 is 0 Å². The molecule has 2 heterocycles. The highest BCUT2D eigenvalue weighted by Crippen LogP contribution is 2.28. The number of ether oxygens (including phenoxy) is 2. The Morgan fingerprint density at radius 2 is 1.89 bits per heavy atom. The summed E-state index contributed by atoms with van der Waals surface area (Å²) >= 11 is 0. The van der Waals surface area contributed by atoms with Crippen molar-refractivity contribution >= 4 is 21.6 Å². The van der Waals surface area contributed by atoms with Crippen molar-refractivity contribution in [2.45, 2.75) is 23.8 Å². The van der Waals surface area contributed by atoms with E-state index in [1.54, 1.807) is 24.3 Å². The summed E-state index contributed by atoms with van der Waals surface area (Å²) in [4.78, 5) is 16.8. The molecule has 27 heavy (non-hydrogen) atoms. The predicted octanol–water partition coefficient (Wildman–Crippen LogP) is 1.89. The maximum Gasteiger partial charge on any atom is 0.243 e. The minimum absolute atomic E-state index is 0.133. The number of amides is 1. The third-order valence-electron chi connectivity index (χ3n) is 4.39. The van der Waals surface area contributed by atoms with E-state index in [4.69, 9.17) is 9.47 Å². The molecule has 0 aliphatic carbocycles. The smallest absolute Gasteiger partial charge is 0.243 e. The molecule has 1 aromatic heterocycles. The normalized spacial score (nSPS) is 17.5. The number of pyridine rings is 1. The fourth-order valence-electron chi connectivity index (χ4n) is 2.97. The Balaban J connectivity index is 1.77. The number of hydrogen-bond acceptors (Lipinski definition) is 6. The molecule has 9 heteroatoms. The Hall–Kier alpha value is -2.65. The van der Waals surface area contributed by atoms with Crippen LogP contribution in [0.5, 0.6) is 11.6 Å². The number of nitrogens with zero attached hydrogens (tertiary/aromatic N) is 2. The molecule has 1 unspecified atom stereocenters. The van der Waals surface area contributed by atoms with Crippen LogP contribution < -0.4 is 14.8 Å². The molecule has 1 aliphatic rings. The molecule has 144 valence electrons. The highest BCUT2D eigenvalue weighted by molar-refractivity contribution is 7.89. The molecule has 1 atom stereocenters. The van der Waals surface area contributed by atoms with Gasteiger partial charge < -0.3 is 14.8 Å². The second kappa shape index (κ2) is 7.93. The summed E-state index contributed by atoms with van der Waals surface area (Å²) in [5, 5.41) is 2.72. The molecule has 1 fully saturated rings. The number of sulfonamides is 1. The first-order valence-corrected chi connectivity index (χ1v) is 9.86. The average Bonchev–Trinajstić information content (AvgIpc) is 3.19. The first-order valence-electron chi connectivity index (χ1n) is 8.42. The number of hydrogen-bond donors (Lipinski definition) is 1. The van der Waals surface area contributed by atoms with Gasteiger partial charge in [-0.15, -0.1) is 0 Å². The van der Waals surface area contributed by atoms with Gasteiger partial charge in [0.25, 0.3) is 0 Å². The Morgan fingerprint density at radius 1 is 1.15 bits per heavy atom. The number of anilines is 1. The number of carbonyl (C=O) groups excluding carboxylic acids is 1. The van der Waals surface area contributed by atoms with Crippen LogP contribution in [0.4, 0.5) is 5.69 Å². The number of rotatable bonds is 6. The fraction of sp³-hybridized carbons (Fsp3) is 0.333. The van der Waals surface area contributed by atoms with Crippen LogP contribution in [0.1, 0.15) is 12.8 Å². The number of nitrogens with one attached hydrogen (secondary N) is 1. The molecule has 3 rings (SSSR count). The SMILES string of the molecule is COc1ccc(S(=O)(=O)N2CCCC2C(=O)Nc2ccc(OC)nc2)cc1. The second-order valence-electron chi connectivity index (χ2n) is 6.03. The molecule has 2 aromatic rings. The predicted molar refractivity (Wildman–Crippen MR) is 99.3 cm³/mol. The molecule has 1 aliphatic heterocycles. The van der Waals surface area contributed by atoms with Gasteiger partial charge in [-0.05, 0) is 43.2 Å². The van der Waals surface area contributed by atoms with Gasteiger partial charge in [0.05, 0.1) is 31.0 Å². The van der Waals surface area contributed by atoms with Crippen LogP contribution in [0.2, 0.25) is 0 Å². The maximum atomic E-state index is 13.0. The monoisotopic (exact) mass is 391 g/mol. The third-order valence-corrected chi connectivity index (χ3v) is 6.31. The van der Waals surface area contributed by atoms with Crippen LogP contribution in [0, 0.1) is 0 Å². The van der Waals surface area contributed by atoms with Crippen molar-refractivity contribution in [3.63, 3.8) is 0 Å². The molecule has 0 spiro atoms. The van der Waals surface area contributed by atoms with Gasteiger partial charge in [-0.1, -0.05) is 0 Å². The number of methoxy groups -OCH3 is 2. The van der Waals surface area contributed by atoms with E-state index in [1.165, 1.54) is 36.9 Å². The summed E-state index contributed by atoms with van der Waals surface area (Å²) in [6.07, 6.45) is 2.55. The van der Waals surface area contributed by atoms with Crippen LogP contribution in [-0.4, -0.2) is 50.4 Å². The van der Waals surface area contributed by atoms with E-state index >= 15 is 0 Å². The summed E-state index contributed by atoms with van der Waals surface area (Å²) < 4.78 is 37.2. The van der Waals surface area contributed by atoms with Gasteiger partial charge in [0.2, 0.25) is 21.8 Å². The first kappa shape index (κ1) is 19.1. The summed E-state index contributed by atoms with van der Waals surface area (Å²) in [6.45, 7) is 0.299. The molecule has 1 aromatic carbocycles. The molecule has 0 bridgehead atoms. The highest BCUT2D eigenvalue weighted by atomic mass is 32.2. The lowest BCUT2D eigenvalue weighted by Crippen LogP contribution is -2.43. The van der Waals surface area contributed by atoms with Crippen molar-refractivity contribution < 1.29 is 22.7 Å². The van der Waals surface area contributed by atoms with Gasteiger partial charge in [0, 0.05) is 12.6 Å². The fourth-order valence-corrected chi connectivity index (χ4v) is 4.63. The molecule has 1 N–H and O–H groups in total. The van der Waals surface area contributed by atoms with E-state index in [-0.39, 0.29) is 10.8 Å². The van der Waals surface area contributed by atoms with E-state index < -0.39 is 16.1 Å². The van der Waals surface area contributed by atoms with Gasteiger partial charge in [-0.25, -0.2) is 13.4 Å². The molecule has 1 saturated heterocycles. The maximum absolute atomic E-state index is 13.0. The van der Waals surface area contributed by atoms with E-state index in [1.807, 2.05) is 0 Å². The lowest BCUT2D eigenvalue weighted by molar-refractivity contribution is -0.119. The first-order chi connectivity index (χ1) is 13.0. The van der Waals surface area contributed by atoms with Crippen molar-refractivity contribution in [1.29, 1.82) is 0 Å². The average molecular weight is 391 g/mol. The Morgan fingerprint density at radius 3 is 2.48 bits per heavy atom. The van der Waals surface area contributed by atoms with Gasteiger partial charge in [0.1, 0.15) is 11.8 Å². The second-order valence-corrected chi connectivity index (χ2v) is 7.92. The zero-order chi connectivity index (χ0) is 19.4. The minimum atomic E-state index is -3.78. The zero-order valence-corrected chi connectivity index (χ0v) is 15.9. The lowest BCUT2D eigenvalue weighted by atomic mass is 10.2. The third kappa shape index (κ3) is 4.04. The molecule has 1 amide bonds. The lowest BCUT2D eigenvalue weighted by Gasteiger charge is -2.23. The van der Waals surface area contributed by atoms with E-state index in [0.29, 0.717) is 36.7 Å². The molecular formula is C18H21N3O5S. The van der Waals surface area contributed by atoms with Crippen molar-refractivity contribution in [2.75, 3.05) is 26.1 Å². The Labute approximate surface area is 158 Å². The molecule has 0 saturated carbocycles. The number of aromatic nitrogens is 1. The largest absolute Gasteiger partial charge is 0.497 e. The summed E-state index contributed by atoms with van der Waals surface area (Å²) in [6, 6.07) is 8.64. The van der Waals surface area contributed by atoms with Gasteiger partial charge in [-0.2, -0.15) is 4.31 Å². The summed E-state index contributed by atoms with van der Waals surface area (Å²) in [5.41, 5.74) is 0.481. The van der Waals surface area contributed by atoms with Gasteiger partial charge in [0.15, 0.2) is 0 Å². The van der Waals surface area contributed by atoms with E-state index in [0.717, 1.165) is 0 Å². The van der Waals surface area contributed by atoms with Crippen molar-refractivity contribution in [3.05, 3.63) is 42.6 Å². The summed E-state index contributed by atoms with van der Waals surface area (Å²) in [5.74, 6) is 0.616. The van der Waals surface area contributed by atoms with Crippen molar-refractivity contribution in [1.82, 2.24) is 9.29 Å². The standard InChI is InChI=1S/C18H21N3O5S/c1-25-14-6-8-15(9-7-14)27(23,24)21-11-3-4-16(21)18(22)20-13-5-10-17(26-2)19-12-13/h5-10,12,16H,3-4,11H2,1-2H3,(H,20,22). The summed E-state index contributed by atoms with van der Waals surface area (Å²) in [7, 11) is -0.766. The van der Waals surface area contributed by atoms with Crippen LogP contribution in [0.15, 0.2) is 47.5 Å². The quantitative estimate of drug-likeness (QED) is 0.808. The highest BCUT2D eigenvalue weighted by Gasteiger charge is 2.39. The van der Waals surface area contributed by atoms with Gasteiger partial charge >= 0.3 is 0 Å². The zero-order valence-electron chi connectivity index (χ0n) is 15.1. The number of benzene rings is 1. The minimum Gasteiger partial charge on any atom is -0.497 e. The molecule has 8 nitrogen and oxygen atoms in total. The van der Waals surface area contributed by atoms with Gasteiger partial charge in [-0.3, -0.25) is 4.79 Å². The van der Waals surface area contributed by atoms with E-state index in [9.17, 15) is 13.2 Å². The molecular weight excluding hydrogens is 370 g/mol. The van der Waals surface area contributed by atoms with Crippen molar-refractivity contribution in [2.24, 2.45) is 0 Å². The van der Waals surface area contributed by atoms with E-state index in [2.05, 4.69) is 10.3 Å². The Kier molecular flexibility index (Phi) is 5.62. The topological polar surface area (TPSA) is 97.8 Å². The van der Waals surface area contributed by atoms with Crippen molar-refractivity contribution in [3.8, 4) is 11.6 Å². The number of carbonyl (C=O) groups is 1.